The molecule has 0 radical (unpaired) electrons. The highest BCUT2D eigenvalue weighted by molar-refractivity contribution is 5.33. The molecular weight excluding hydrogens is 226 g/mol. The zero-order valence-corrected chi connectivity index (χ0v) is 10.2. The summed E-state index contributed by atoms with van der Waals surface area (Å²) in [5.41, 5.74) is 10.3. The fourth-order valence-corrected chi connectivity index (χ4v) is 2.30. The highest BCUT2D eigenvalue weighted by Crippen LogP contribution is 2.24. The van der Waals surface area contributed by atoms with Gasteiger partial charge < -0.3 is 10.3 Å². The summed E-state index contributed by atoms with van der Waals surface area (Å²) in [4.78, 5) is 4.03. The average molecular weight is 243 g/mol. The predicted octanol–water partition coefficient (Wildman–Crippen LogP) is 1.11. The van der Waals surface area contributed by atoms with Crippen LogP contribution in [-0.4, -0.2) is 20.2 Å². The van der Waals surface area contributed by atoms with Crippen LogP contribution in [0.2, 0.25) is 0 Å². The van der Waals surface area contributed by atoms with Crippen LogP contribution >= 0.6 is 0 Å². The number of nitrogens with zero attached hydrogens (tertiary/aromatic N) is 3. The number of rotatable bonds is 4. The van der Waals surface area contributed by atoms with Crippen molar-refractivity contribution in [3.8, 4) is 0 Å². The SMILES string of the molecule is NC1(CCCn2ccnc2)C=C2C=CC=CN2N1. The molecule has 3 heterocycles. The van der Waals surface area contributed by atoms with E-state index >= 15 is 0 Å². The summed E-state index contributed by atoms with van der Waals surface area (Å²) in [5.74, 6) is 0. The summed E-state index contributed by atoms with van der Waals surface area (Å²) in [6, 6.07) is 0. The van der Waals surface area contributed by atoms with Crippen LogP contribution in [-0.2, 0) is 6.54 Å². The molecule has 1 unspecified atom stereocenters. The van der Waals surface area contributed by atoms with Crippen LogP contribution in [0.4, 0.5) is 0 Å². The summed E-state index contributed by atoms with van der Waals surface area (Å²) in [6.07, 6.45) is 17.6. The lowest BCUT2D eigenvalue weighted by Crippen LogP contribution is -2.52. The Morgan fingerprint density at radius 1 is 1.39 bits per heavy atom. The summed E-state index contributed by atoms with van der Waals surface area (Å²) in [5, 5.41) is 1.97. The Kier molecular flexibility index (Phi) is 2.77. The maximum absolute atomic E-state index is 6.34. The summed E-state index contributed by atoms with van der Waals surface area (Å²) >= 11 is 0. The van der Waals surface area contributed by atoms with E-state index in [2.05, 4.69) is 27.1 Å². The van der Waals surface area contributed by atoms with Crippen LogP contribution in [0.15, 0.2) is 54.9 Å². The molecule has 0 spiro atoms. The van der Waals surface area contributed by atoms with Gasteiger partial charge in [-0.15, -0.1) is 0 Å². The number of nitrogens with two attached hydrogens (primary N) is 1. The predicted molar refractivity (Wildman–Crippen MR) is 69.7 cm³/mol. The highest BCUT2D eigenvalue weighted by atomic mass is 15.6. The zero-order chi connectivity index (χ0) is 12.4. The molecule has 3 rings (SSSR count). The van der Waals surface area contributed by atoms with Crippen LogP contribution in [0.3, 0.4) is 0 Å². The lowest BCUT2D eigenvalue weighted by Gasteiger charge is -2.26. The summed E-state index contributed by atoms with van der Waals surface area (Å²) in [6.45, 7) is 0.940. The number of hydrazine groups is 1. The maximum atomic E-state index is 6.34. The molecule has 0 aliphatic carbocycles. The maximum Gasteiger partial charge on any atom is 0.105 e. The van der Waals surface area contributed by atoms with E-state index in [9.17, 15) is 0 Å². The third-order valence-electron chi connectivity index (χ3n) is 3.19. The van der Waals surface area contributed by atoms with Crippen molar-refractivity contribution in [3.63, 3.8) is 0 Å². The van der Waals surface area contributed by atoms with Crippen molar-refractivity contribution in [2.24, 2.45) is 5.73 Å². The molecule has 1 aromatic rings. The van der Waals surface area contributed by atoms with E-state index in [4.69, 9.17) is 5.73 Å². The van der Waals surface area contributed by atoms with Crippen LogP contribution in [0.5, 0.6) is 0 Å². The normalized spacial score (nSPS) is 25.4. The molecule has 5 heteroatoms. The minimum absolute atomic E-state index is 0.449. The van der Waals surface area contributed by atoms with Gasteiger partial charge in [0.15, 0.2) is 0 Å². The molecule has 5 nitrogen and oxygen atoms in total. The molecule has 0 aromatic carbocycles. The molecule has 1 atom stereocenters. The quantitative estimate of drug-likeness (QED) is 0.831. The lowest BCUT2D eigenvalue weighted by atomic mass is 10.1. The van der Waals surface area contributed by atoms with Gasteiger partial charge >= 0.3 is 0 Å². The van der Waals surface area contributed by atoms with Crippen LogP contribution < -0.4 is 11.2 Å². The van der Waals surface area contributed by atoms with Crippen molar-refractivity contribution in [3.05, 3.63) is 54.9 Å². The fourth-order valence-electron chi connectivity index (χ4n) is 2.30. The lowest BCUT2D eigenvalue weighted by molar-refractivity contribution is 0.255. The van der Waals surface area contributed by atoms with Crippen molar-refractivity contribution in [2.75, 3.05) is 0 Å². The minimum atomic E-state index is -0.449. The number of hydrogen-bond acceptors (Lipinski definition) is 4. The van der Waals surface area contributed by atoms with Gasteiger partial charge in [-0.05, 0) is 31.1 Å². The second kappa shape index (κ2) is 4.44. The molecular formula is C13H17N5. The van der Waals surface area contributed by atoms with Gasteiger partial charge in [-0.25, -0.2) is 10.4 Å². The number of fused-ring (bicyclic) bond motifs is 1. The Labute approximate surface area is 106 Å². The highest BCUT2D eigenvalue weighted by Gasteiger charge is 2.31. The van der Waals surface area contributed by atoms with Gasteiger partial charge in [-0.2, -0.15) is 0 Å². The molecule has 1 aromatic heterocycles. The Hall–Kier alpha value is -1.85. The van der Waals surface area contributed by atoms with Gasteiger partial charge in [0.25, 0.3) is 0 Å². The third-order valence-corrected chi connectivity index (χ3v) is 3.19. The molecule has 18 heavy (non-hydrogen) atoms. The average Bonchev–Trinajstić information content (AvgIpc) is 2.95. The van der Waals surface area contributed by atoms with E-state index < -0.39 is 5.66 Å². The molecule has 0 fully saturated rings. The van der Waals surface area contributed by atoms with Gasteiger partial charge in [0.1, 0.15) is 5.66 Å². The number of aromatic nitrogens is 2. The molecule has 0 saturated heterocycles. The second-order valence-electron chi connectivity index (χ2n) is 4.70. The first-order chi connectivity index (χ1) is 8.75. The molecule has 0 amide bonds. The molecule has 2 aliphatic rings. The van der Waals surface area contributed by atoms with E-state index in [-0.39, 0.29) is 0 Å². The molecule has 3 N–H and O–H groups in total. The first kappa shape index (κ1) is 11.3. The van der Waals surface area contributed by atoms with Gasteiger partial charge in [0, 0.05) is 25.1 Å². The number of aryl methyl sites for hydroxylation is 1. The topological polar surface area (TPSA) is 59.1 Å². The van der Waals surface area contributed by atoms with Crippen LogP contribution in [0.25, 0.3) is 0 Å². The van der Waals surface area contributed by atoms with Gasteiger partial charge in [0.2, 0.25) is 0 Å². The smallest absolute Gasteiger partial charge is 0.105 e. The van der Waals surface area contributed by atoms with Crippen molar-refractivity contribution in [2.45, 2.75) is 25.0 Å². The van der Waals surface area contributed by atoms with Crippen molar-refractivity contribution < 1.29 is 0 Å². The fraction of sp³-hybridized carbons (Fsp3) is 0.308. The van der Waals surface area contributed by atoms with Crippen molar-refractivity contribution in [1.29, 1.82) is 0 Å². The number of allylic oxidation sites excluding steroid dienone is 3. The standard InChI is InChI=1S/C13H17N5/c14-13(5-3-7-17-9-6-15-11-17)10-12-4-1-2-8-18(12)16-13/h1-2,4,6,8-11,16H,3,5,7,14H2. The Morgan fingerprint density at radius 2 is 2.33 bits per heavy atom. The van der Waals surface area contributed by atoms with Crippen LogP contribution in [0, 0.1) is 0 Å². The second-order valence-corrected chi connectivity index (χ2v) is 4.70. The van der Waals surface area contributed by atoms with E-state index in [1.807, 2.05) is 35.9 Å². The summed E-state index contributed by atoms with van der Waals surface area (Å²) < 4.78 is 2.07. The third kappa shape index (κ3) is 2.23. The molecule has 2 aliphatic heterocycles. The minimum Gasteiger partial charge on any atom is -0.337 e. The largest absolute Gasteiger partial charge is 0.337 e. The number of nitrogens with one attached hydrogen (secondary N) is 1. The van der Waals surface area contributed by atoms with Crippen LogP contribution in [0.1, 0.15) is 12.8 Å². The Morgan fingerprint density at radius 3 is 3.11 bits per heavy atom. The first-order valence-corrected chi connectivity index (χ1v) is 6.15. The first-order valence-electron chi connectivity index (χ1n) is 6.15. The number of hydrogen-bond donors (Lipinski definition) is 2. The summed E-state index contributed by atoms with van der Waals surface area (Å²) in [7, 11) is 0. The van der Waals surface area contributed by atoms with E-state index in [1.165, 1.54) is 0 Å². The van der Waals surface area contributed by atoms with Gasteiger partial charge in [-0.1, -0.05) is 6.08 Å². The Bertz CT molecular complexity index is 499. The van der Waals surface area contributed by atoms with E-state index in [0.717, 1.165) is 25.1 Å². The number of imidazole rings is 1. The van der Waals surface area contributed by atoms with Gasteiger partial charge in [0.05, 0.1) is 12.0 Å². The van der Waals surface area contributed by atoms with E-state index in [1.54, 1.807) is 6.20 Å². The monoisotopic (exact) mass is 243 g/mol. The molecule has 0 saturated carbocycles. The molecule has 0 bridgehead atoms. The van der Waals surface area contributed by atoms with Crippen molar-refractivity contribution >= 4 is 0 Å². The van der Waals surface area contributed by atoms with Gasteiger partial charge in [-0.3, -0.25) is 5.01 Å². The molecule has 94 valence electrons. The zero-order valence-electron chi connectivity index (χ0n) is 10.2. The van der Waals surface area contributed by atoms with Crippen molar-refractivity contribution in [1.82, 2.24) is 20.0 Å². The Balaban J connectivity index is 1.58. The van der Waals surface area contributed by atoms with E-state index in [0.29, 0.717) is 0 Å².